The second-order valence-corrected chi connectivity index (χ2v) is 6.76. The molecule has 3 heterocycles. The Morgan fingerprint density at radius 2 is 1.86 bits per heavy atom. The van der Waals surface area contributed by atoms with Gasteiger partial charge in [0.1, 0.15) is 17.5 Å². The molecule has 0 bridgehead atoms. The molecule has 0 unspecified atom stereocenters. The predicted molar refractivity (Wildman–Crippen MR) is 104 cm³/mol. The summed E-state index contributed by atoms with van der Waals surface area (Å²) >= 11 is 0. The summed E-state index contributed by atoms with van der Waals surface area (Å²) in [4.78, 5) is 11.8. The first-order valence-corrected chi connectivity index (χ1v) is 8.97. The fourth-order valence-corrected chi connectivity index (χ4v) is 3.62. The second kappa shape index (κ2) is 6.56. The summed E-state index contributed by atoms with van der Waals surface area (Å²) in [6.45, 7) is 0.550. The van der Waals surface area contributed by atoms with Crippen molar-refractivity contribution in [3.05, 3.63) is 95.7 Å². The highest BCUT2D eigenvalue weighted by molar-refractivity contribution is 5.84. The topological polar surface area (TPSA) is 46.5 Å². The van der Waals surface area contributed by atoms with Crippen LogP contribution in [-0.2, 0) is 13.0 Å². The molecule has 0 aliphatic carbocycles. The number of H-pyrrole nitrogens is 1. The number of pyridine rings is 1. The Balaban J connectivity index is 1.63. The van der Waals surface area contributed by atoms with E-state index >= 15 is 0 Å². The largest absolute Gasteiger partial charge is 0.359 e. The van der Waals surface area contributed by atoms with Crippen molar-refractivity contribution in [3.63, 3.8) is 0 Å². The molecule has 3 aromatic heterocycles. The third-order valence-corrected chi connectivity index (χ3v) is 4.98. The van der Waals surface area contributed by atoms with Gasteiger partial charge in [-0.1, -0.05) is 12.1 Å². The summed E-state index contributed by atoms with van der Waals surface area (Å²) in [5.74, 6) is 0.211. The van der Waals surface area contributed by atoms with E-state index in [1.807, 2.05) is 29.0 Å². The highest BCUT2D eigenvalue weighted by atomic mass is 19.1. The number of hydrogen-bond acceptors (Lipinski definition) is 2. The molecule has 0 amide bonds. The maximum atomic E-state index is 14.0. The number of aromatic amines is 1. The van der Waals surface area contributed by atoms with Crippen molar-refractivity contribution in [3.8, 4) is 0 Å². The van der Waals surface area contributed by atoms with E-state index in [9.17, 15) is 8.78 Å². The summed E-state index contributed by atoms with van der Waals surface area (Å²) in [6.07, 6.45) is 5.78. The average molecular weight is 374 g/mol. The minimum atomic E-state index is -0.302. The van der Waals surface area contributed by atoms with Crippen molar-refractivity contribution in [2.24, 2.45) is 0 Å². The Kier molecular flexibility index (Phi) is 3.90. The molecule has 1 N–H and O–H groups in total. The van der Waals surface area contributed by atoms with Gasteiger partial charge in [-0.05, 0) is 47.5 Å². The van der Waals surface area contributed by atoms with Gasteiger partial charge in [0.2, 0.25) is 0 Å². The van der Waals surface area contributed by atoms with Crippen LogP contribution in [0.2, 0.25) is 0 Å². The number of nitrogens with one attached hydrogen (secondary N) is 1. The quantitative estimate of drug-likeness (QED) is 0.490. The molecule has 5 aromatic rings. The van der Waals surface area contributed by atoms with E-state index in [1.165, 1.54) is 18.2 Å². The van der Waals surface area contributed by atoms with E-state index < -0.39 is 0 Å². The van der Waals surface area contributed by atoms with Gasteiger partial charge < -0.3 is 9.55 Å². The van der Waals surface area contributed by atoms with Gasteiger partial charge in [-0.25, -0.2) is 13.8 Å². The van der Waals surface area contributed by atoms with Crippen LogP contribution in [0, 0.1) is 11.6 Å². The molecular formula is C22H16F2N4. The van der Waals surface area contributed by atoms with E-state index in [1.54, 1.807) is 24.5 Å². The standard InChI is InChI=1S/C22H16F2N4/c23-16-4-5-19-20(11-16)28(13-14-6-8-25-9-7-14)21(27-19)10-15-12-26-22-17(15)2-1-3-18(22)24/h1-9,11-12,26H,10,13H2. The van der Waals surface area contributed by atoms with E-state index in [2.05, 4.69) is 9.97 Å². The van der Waals surface area contributed by atoms with E-state index in [0.29, 0.717) is 18.5 Å². The van der Waals surface area contributed by atoms with Crippen LogP contribution in [0.1, 0.15) is 17.0 Å². The maximum Gasteiger partial charge on any atom is 0.147 e. The second-order valence-electron chi connectivity index (χ2n) is 6.76. The maximum absolute atomic E-state index is 14.0. The number of fused-ring (bicyclic) bond motifs is 2. The monoisotopic (exact) mass is 374 g/mol. The van der Waals surface area contributed by atoms with Gasteiger partial charge in [0.15, 0.2) is 0 Å². The fourth-order valence-electron chi connectivity index (χ4n) is 3.62. The van der Waals surface area contributed by atoms with Crippen molar-refractivity contribution < 1.29 is 8.78 Å². The highest BCUT2D eigenvalue weighted by Gasteiger charge is 2.15. The number of imidazole rings is 1. The van der Waals surface area contributed by atoms with Crippen LogP contribution in [0.4, 0.5) is 8.78 Å². The molecule has 2 aromatic carbocycles. The lowest BCUT2D eigenvalue weighted by atomic mass is 10.1. The van der Waals surface area contributed by atoms with Gasteiger partial charge >= 0.3 is 0 Å². The molecule has 0 saturated carbocycles. The Bertz CT molecular complexity index is 1290. The minimum Gasteiger partial charge on any atom is -0.359 e. The zero-order valence-corrected chi connectivity index (χ0v) is 14.9. The molecule has 6 heteroatoms. The van der Waals surface area contributed by atoms with Gasteiger partial charge in [0.05, 0.1) is 16.6 Å². The number of para-hydroxylation sites is 1. The third-order valence-electron chi connectivity index (χ3n) is 4.98. The first-order chi connectivity index (χ1) is 13.7. The molecular weight excluding hydrogens is 358 g/mol. The summed E-state index contributed by atoms with van der Waals surface area (Å²) in [5, 5.41) is 0.827. The van der Waals surface area contributed by atoms with Crippen LogP contribution in [0.3, 0.4) is 0 Å². The van der Waals surface area contributed by atoms with Crippen molar-refractivity contribution in [2.75, 3.05) is 0 Å². The number of benzene rings is 2. The van der Waals surface area contributed by atoms with Crippen LogP contribution >= 0.6 is 0 Å². The zero-order chi connectivity index (χ0) is 19.1. The Morgan fingerprint density at radius 3 is 2.71 bits per heavy atom. The molecule has 0 fully saturated rings. The Hall–Kier alpha value is -3.54. The van der Waals surface area contributed by atoms with Crippen molar-refractivity contribution in [1.29, 1.82) is 0 Å². The summed E-state index contributed by atoms with van der Waals surface area (Å²) in [5.41, 5.74) is 3.95. The number of aromatic nitrogens is 4. The van der Waals surface area contributed by atoms with Crippen LogP contribution in [-0.4, -0.2) is 19.5 Å². The van der Waals surface area contributed by atoms with Gasteiger partial charge in [0, 0.05) is 36.9 Å². The van der Waals surface area contributed by atoms with E-state index in [0.717, 1.165) is 33.4 Å². The zero-order valence-electron chi connectivity index (χ0n) is 14.9. The van der Waals surface area contributed by atoms with Gasteiger partial charge in [-0.3, -0.25) is 4.98 Å². The van der Waals surface area contributed by atoms with Crippen LogP contribution in [0.5, 0.6) is 0 Å². The highest BCUT2D eigenvalue weighted by Crippen LogP contribution is 2.26. The summed E-state index contributed by atoms with van der Waals surface area (Å²) in [6, 6.07) is 13.5. The summed E-state index contributed by atoms with van der Waals surface area (Å²) < 4.78 is 29.9. The minimum absolute atomic E-state index is 0.281. The number of rotatable bonds is 4. The normalized spacial score (nSPS) is 11.5. The Morgan fingerprint density at radius 1 is 1.00 bits per heavy atom. The molecule has 0 aliphatic heterocycles. The molecule has 138 valence electrons. The van der Waals surface area contributed by atoms with E-state index in [-0.39, 0.29) is 11.6 Å². The van der Waals surface area contributed by atoms with Gasteiger partial charge in [-0.15, -0.1) is 0 Å². The lowest BCUT2D eigenvalue weighted by molar-refractivity contribution is 0.628. The lowest BCUT2D eigenvalue weighted by Crippen LogP contribution is -2.06. The first kappa shape index (κ1) is 16.6. The number of nitrogens with zero attached hydrogens (tertiary/aromatic N) is 3. The predicted octanol–water partition coefficient (Wildman–Crippen LogP) is 4.83. The molecule has 28 heavy (non-hydrogen) atoms. The molecule has 5 rings (SSSR count). The Labute approximate surface area is 159 Å². The van der Waals surface area contributed by atoms with Crippen LogP contribution in [0.25, 0.3) is 21.9 Å². The lowest BCUT2D eigenvalue weighted by Gasteiger charge is -2.09. The van der Waals surface area contributed by atoms with Crippen LogP contribution in [0.15, 0.2) is 67.1 Å². The van der Waals surface area contributed by atoms with Gasteiger partial charge in [0.25, 0.3) is 0 Å². The molecule has 0 aliphatic rings. The SMILES string of the molecule is Fc1ccc2nc(Cc3c[nH]c4c(F)cccc34)n(Cc3ccncc3)c2c1. The first-order valence-electron chi connectivity index (χ1n) is 8.97. The van der Waals surface area contributed by atoms with Crippen molar-refractivity contribution >= 4 is 21.9 Å². The van der Waals surface area contributed by atoms with Crippen molar-refractivity contribution in [2.45, 2.75) is 13.0 Å². The molecule has 0 radical (unpaired) electrons. The molecule has 0 spiro atoms. The van der Waals surface area contributed by atoms with Crippen molar-refractivity contribution in [1.82, 2.24) is 19.5 Å². The molecule has 4 nitrogen and oxygen atoms in total. The number of hydrogen-bond donors (Lipinski definition) is 1. The third kappa shape index (κ3) is 2.83. The smallest absolute Gasteiger partial charge is 0.147 e. The number of halogens is 2. The van der Waals surface area contributed by atoms with Gasteiger partial charge in [-0.2, -0.15) is 0 Å². The molecule has 0 saturated heterocycles. The summed E-state index contributed by atoms with van der Waals surface area (Å²) in [7, 11) is 0. The van der Waals surface area contributed by atoms with Crippen LogP contribution < -0.4 is 0 Å². The molecule has 0 atom stereocenters. The fraction of sp³-hybridized carbons (Fsp3) is 0.0909. The average Bonchev–Trinajstić information content (AvgIpc) is 3.26. The van der Waals surface area contributed by atoms with E-state index in [4.69, 9.17) is 4.98 Å².